The first-order chi connectivity index (χ1) is 7.63. The van der Waals surface area contributed by atoms with Gasteiger partial charge in [-0.25, -0.2) is 0 Å². The van der Waals surface area contributed by atoms with Gasteiger partial charge in [0, 0.05) is 6.04 Å². The van der Waals surface area contributed by atoms with Gasteiger partial charge in [-0.15, -0.1) is 0 Å². The normalized spacial score (nSPS) is 25.8. The predicted molar refractivity (Wildman–Crippen MR) is 66.3 cm³/mol. The quantitative estimate of drug-likeness (QED) is 0.834. The van der Waals surface area contributed by atoms with Gasteiger partial charge in [-0.1, -0.05) is 27.2 Å². The van der Waals surface area contributed by atoms with Gasteiger partial charge in [0.1, 0.15) is 5.76 Å². The fourth-order valence-electron chi connectivity index (χ4n) is 2.77. The molecule has 16 heavy (non-hydrogen) atoms. The lowest BCUT2D eigenvalue weighted by molar-refractivity contribution is 0.247. The number of rotatable bonds is 4. The van der Waals surface area contributed by atoms with Crippen molar-refractivity contribution in [1.82, 2.24) is 5.32 Å². The molecule has 1 aliphatic rings. The summed E-state index contributed by atoms with van der Waals surface area (Å²) < 4.78 is 5.50. The van der Waals surface area contributed by atoms with Crippen LogP contribution in [0.2, 0.25) is 0 Å². The van der Waals surface area contributed by atoms with Gasteiger partial charge < -0.3 is 9.73 Å². The molecule has 1 aromatic heterocycles. The molecule has 1 saturated carbocycles. The fourth-order valence-corrected chi connectivity index (χ4v) is 2.77. The third-order valence-corrected chi connectivity index (χ3v) is 3.95. The molecular weight excluding hydrogens is 198 g/mol. The van der Waals surface area contributed by atoms with Gasteiger partial charge in [0.05, 0.1) is 12.3 Å². The highest BCUT2D eigenvalue weighted by Crippen LogP contribution is 2.38. The molecule has 90 valence electrons. The van der Waals surface area contributed by atoms with Crippen molar-refractivity contribution in [1.29, 1.82) is 0 Å². The standard InChI is InChI=1S/C14H23NO/c1-4-11(12-7-6-10-16-12)15-13-8-5-9-14(13,2)3/h6-7,10-11,13,15H,4-5,8-9H2,1-3H3. The maximum atomic E-state index is 5.50. The zero-order chi connectivity index (χ0) is 11.6. The summed E-state index contributed by atoms with van der Waals surface area (Å²) in [4.78, 5) is 0. The monoisotopic (exact) mass is 221 g/mol. The molecule has 0 saturated heterocycles. The summed E-state index contributed by atoms with van der Waals surface area (Å²) in [6.07, 6.45) is 6.82. The summed E-state index contributed by atoms with van der Waals surface area (Å²) in [5.74, 6) is 1.07. The Labute approximate surface area is 98.4 Å². The largest absolute Gasteiger partial charge is 0.468 e. The number of furan rings is 1. The third-order valence-electron chi connectivity index (χ3n) is 3.95. The second-order valence-electron chi connectivity index (χ2n) is 5.58. The lowest BCUT2D eigenvalue weighted by Gasteiger charge is -2.31. The average Bonchev–Trinajstić information content (AvgIpc) is 2.84. The van der Waals surface area contributed by atoms with Crippen LogP contribution in [0.25, 0.3) is 0 Å². The lowest BCUT2D eigenvalue weighted by atomic mass is 9.87. The van der Waals surface area contributed by atoms with Crippen molar-refractivity contribution in [2.75, 3.05) is 0 Å². The summed E-state index contributed by atoms with van der Waals surface area (Å²) in [6.45, 7) is 6.95. The van der Waals surface area contributed by atoms with E-state index in [-0.39, 0.29) is 0 Å². The van der Waals surface area contributed by atoms with Crippen molar-refractivity contribution in [3.63, 3.8) is 0 Å². The van der Waals surface area contributed by atoms with Gasteiger partial charge in [0.25, 0.3) is 0 Å². The van der Waals surface area contributed by atoms with E-state index in [1.54, 1.807) is 6.26 Å². The summed E-state index contributed by atoms with van der Waals surface area (Å²) >= 11 is 0. The van der Waals surface area contributed by atoms with E-state index in [4.69, 9.17) is 4.42 Å². The van der Waals surface area contributed by atoms with E-state index in [9.17, 15) is 0 Å². The fraction of sp³-hybridized carbons (Fsp3) is 0.714. The van der Waals surface area contributed by atoms with Crippen molar-refractivity contribution in [3.8, 4) is 0 Å². The Morgan fingerprint density at radius 1 is 1.56 bits per heavy atom. The molecule has 1 N–H and O–H groups in total. The zero-order valence-corrected chi connectivity index (χ0v) is 10.6. The highest BCUT2D eigenvalue weighted by molar-refractivity contribution is 5.05. The predicted octanol–water partition coefficient (Wildman–Crippen LogP) is 3.90. The molecule has 0 bridgehead atoms. The van der Waals surface area contributed by atoms with Crippen LogP contribution < -0.4 is 5.32 Å². The van der Waals surface area contributed by atoms with Crippen LogP contribution in [0, 0.1) is 5.41 Å². The SMILES string of the molecule is CCC(NC1CCCC1(C)C)c1ccco1. The van der Waals surface area contributed by atoms with Crippen LogP contribution in [-0.2, 0) is 0 Å². The first-order valence-corrected chi connectivity index (χ1v) is 6.43. The molecule has 2 atom stereocenters. The van der Waals surface area contributed by atoms with Gasteiger partial charge in [-0.3, -0.25) is 0 Å². The van der Waals surface area contributed by atoms with Crippen LogP contribution in [0.4, 0.5) is 0 Å². The van der Waals surface area contributed by atoms with E-state index in [1.165, 1.54) is 19.3 Å². The molecule has 0 radical (unpaired) electrons. The maximum absolute atomic E-state index is 5.50. The van der Waals surface area contributed by atoms with E-state index in [0.717, 1.165) is 12.2 Å². The molecule has 1 fully saturated rings. The Hall–Kier alpha value is -0.760. The highest BCUT2D eigenvalue weighted by Gasteiger charge is 2.35. The molecule has 0 aromatic carbocycles. The van der Waals surface area contributed by atoms with E-state index in [1.807, 2.05) is 6.07 Å². The topological polar surface area (TPSA) is 25.2 Å². The molecule has 2 nitrogen and oxygen atoms in total. The summed E-state index contributed by atoms with van der Waals surface area (Å²) in [5, 5.41) is 3.76. The Bertz CT molecular complexity index is 315. The molecule has 2 rings (SSSR count). The minimum atomic E-state index is 0.373. The van der Waals surface area contributed by atoms with Crippen molar-refractivity contribution >= 4 is 0 Å². The molecule has 1 aliphatic carbocycles. The van der Waals surface area contributed by atoms with E-state index in [0.29, 0.717) is 17.5 Å². The van der Waals surface area contributed by atoms with Crippen molar-refractivity contribution in [2.24, 2.45) is 5.41 Å². The maximum Gasteiger partial charge on any atom is 0.120 e. The molecule has 2 unspecified atom stereocenters. The molecule has 1 heterocycles. The second kappa shape index (κ2) is 4.62. The second-order valence-corrected chi connectivity index (χ2v) is 5.58. The van der Waals surface area contributed by atoms with Crippen LogP contribution >= 0.6 is 0 Å². The Morgan fingerprint density at radius 3 is 2.88 bits per heavy atom. The molecule has 2 heteroatoms. The van der Waals surface area contributed by atoms with Gasteiger partial charge in [0.2, 0.25) is 0 Å². The minimum absolute atomic E-state index is 0.373. The van der Waals surface area contributed by atoms with E-state index in [2.05, 4.69) is 32.2 Å². The van der Waals surface area contributed by atoms with Gasteiger partial charge in [-0.2, -0.15) is 0 Å². The van der Waals surface area contributed by atoms with Gasteiger partial charge in [0.15, 0.2) is 0 Å². The Kier molecular flexibility index (Phi) is 3.38. The first-order valence-electron chi connectivity index (χ1n) is 6.43. The van der Waals surface area contributed by atoms with Crippen LogP contribution in [0.3, 0.4) is 0 Å². The van der Waals surface area contributed by atoms with Crippen LogP contribution in [0.5, 0.6) is 0 Å². The lowest BCUT2D eigenvalue weighted by Crippen LogP contribution is -2.39. The minimum Gasteiger partial charge on any atom is -0.468 e. The molecule has 0 aliphatic heterocycles. The highest BCUT2D eigenvalue weighted by atomic mass is 16.3. The van der Waals surface area contributed by atoms with Crippen molar-refractivity contribution in [3.05, 3.63) is 24.2 Å². The zero-order valence-electron chi connectivity index (χ0n) is 10.6. The van der Waals surface area contributed by atoms with E-state index < -0.39 is 0 Å². The molecule has 1 aromatic rings. The van der Waals surface area contributed by atoms with Crippen LogP contribution in [0.15, 0.2) is 22.8 Å². The van der Waals surface area contributed by atoms with Crippen molar-refractivity contribution < 1.29 is 4.42 Å². The summed E-state index contributed by atoms with van der Waals surface area (Å²) in [5.41, 5.74) is 0.431. The van der Waals surface area contributed by atoms with Gasteiger partial charge >= 0.3 is 0 Å². The van der Waals surface area contributed by atoms with Crippen LogP contribution in [0.1, 0.15) is 58.3 Å². The smallest absolute Gasteiger partial charge is 0.120 e. The average molecular weight is 221 g/mol. The van der Waals surface area contributed by atoms with Crippen LogP contribution in [-0.4, -0.2) is 6.04 Å². The summed E-state index contributed by atoms with van der Waals surface area (Å²) in [7, 11) is 0. The Morgan fingerprint density at radius 2 is 2.38 bits per heavy atom. The molecule has 0 amide bonds. The van der Waals surface area contributed by atoms with Crippen molar-refractivity contribution in [2.45, 2.75) is 58.5 Å². The molecule has 0 spiro atoms. The number of hydrogen-bond acceptors (Lipinski definition) is 2. The van der Waals surface area contributed by atoms with Gasteiger partial charge in [-0.05, 0) is 36.8 Å². The molecular formula is C14H23NO. The number of nitrogens with one attached hydrogen (secondary N) is 1. The number of hydrogen-bond donors (Lipinski definition) is 1. The summed E-state index contributed by atoms with van der Waals surface area (Å²) in [6, 6.07) is 5.04. The van der Waals surface area contributed by atoms with E-state index >= 15 is 0 Å². The third kappa shape index (κ3) is 2.32. The Balaban J connectivity index is 2.02. The first kappa shape index (κ1) is 11.7.